The van der Waals surface area contributed by atoms with Gasteiger partial charge in [0.25, 0.3) is 0 Å². The Kier molecular flexibility index (Phi) is 2.06. The van der Waals surface area contributed by atoms with Crippen LogP contribution in [0.15, 0.2) is 30.6 Å². The lowest BCUT2D eigenvalue weighted by atomic mass is 10.2. The van der Waals surface area contributed by atoms with Gasteiger partial charge in [0, 0.05) is 11.8 Å². The van der Waals surface area contributed by atoms with Gasteiger partial charge in [0.2, 0.25) is 0 Å². The van der Waals surface area contributed by atoms with Gasteiger partial charge in [-0.25, -0.2) is 14.5 Å². The van der Waals surface area contributed by atoms with Crippen LogP contribution < -0.4 is 0 Å². The molecule has 0 saturated heterocycles. The average molecular weight is 212 g/mol. The maximum atomic E-state index is 4.54. The number of hydrogen-bond donors (Lipinski definition) is 0. The maximum absolute atomic E-state index is 4.54. The smallest absolute Gasteiger partial charge is 0.166 e. The van der Waals surface area contributed by atoms with E-state index < -0.39 is 0 Å². The monoisotopic (exact) mass is 212 g/mol. The average Bonchev–Trinajstić information content (AvgIpc) is 2.72. The van der Waals surface area contributed by atoms with Crippen molar-refractivity contribution in [1.29, 1.82) is 0 Å². The third kappa shape index (κ3) is 1.34. The molecule has 0 atom stereocenters. The second-order valence-corrected chi connectivity index (χ2v) is 3.81. The Morgan fingerprint density at radius 2 is 2.12 bits per heavy atom. The summed E-state index contributed by atoms with van der Waals surface area (Å²) < 4.78 is 1.76. The second kappa shape index (κ2) is 3.56. The molecular weight excluding hydrogens is 200 g/mol. The van der Waals surface area contributed by atoms with Crippen LogP contribution in [0.2, 0.25) is 0 Å². The summed E-state index contributed by atoms with van der Waals surface area (Å²) in [4.78, 5) is 8.89. The Bertz CT molecular complexity index is 642. The second-order valence-electron chi connectivity index (χ2n) is 3.81. The number of aryl methyl sites for hydroxylation is 1. The first-order chi connectivity index (χ1) is 7.88. The van der Waals surface area contributed by atoms with E-state index in [0.29, 0.717) is 0 Å². The van der Waals surface area contributed by atoms with Gasteiger partial charge in [0.15, 0.2) is 11.5 Å². The molecule has 3 rings (SSSR count). The topological polar surface area (TPSA) is 43.1 Å². The van der Waals surface area contributed by atoms with Crippen molar-refractivity contribution in [3.8, 4) is 0 Å². The predicted octanol–water partition coefficient (Wildman–Crippen LogP) is 2.23. The zero-order chi connectivity index (χ0) is 11.0. The molecule has 0 amide bonds. The zero-order valence-corrected chi connectivity index (χ0v) is 9.09. The number of fused-ring (bicyclic) bond motifs is 3. The van der Waals surface area contributed by atoms with Crippen LogP contribution in [0.3, 0.4) is 0 Å². The van der Waals surface area contributed by atoms with Gasteiger partial charge in [-0.3, -0.25) is 0 Å². The highest BCUT2D eigenvalue weighted by molar-refractivity contribution is 5.90. The van der Waals surface area contributed by atoms with Crippen molar-refractivity contribution in [2.24, 2.45) is 0 Å². The Hall–Kier alpha value is -1.97. The predicted molar refractivity (Wildman–Crippen MR) is 62.3 cm³/mol. The molecule has 0 unspecified atom stereocenters. The molecule has 0 aliphatic rings. The van der Waals surface area contributed by atoms with Gasteiger partial charge in [0.05, 0.1) is 5.52 Å². The van der Waals surface area contributed by atoms with Gasteiger partial charge in [0.1, 0.15) is 6.33 Å². The molecule has 0 spiro atoms. The molecule has 0 aliphatic heterocycles. The van der Waals surface area contributed by atoms with Crippen molar-refractivity contribution in [2.75, 3.05) is 0 Å². The van der Waals surface area contributed by atoms with E-state index in [1.165, 1.54) is 0 Å². The van der Waals surface area contributed by atoms with Gasteiger partial charge < -0.3 is 0 Å². The van der Waals surface area contributed by atoms with E-state index in [1.807, 2.05) is 24.3 Å². The molecule has 0 aliphatic carbocycles. The highest BCUT2D eigenvalue weighted by atomic mass is 15.3. The lowest BCUT2D eigenvalue weighted by Crippen LogP contribution is -1.91. The van der Waals surface area contributed by atoms with Crippen LogP contribution in [-0.4, -0.2) is 19.6 Å². The third-order valence-electron chi connectivity index (χ3n) is 2.60. The molecule has 1 aromatic carbocycles. The van der Waals surface area contributed by atoms with Crippen molar-refractivity contribution in [3.05, 3.63) is 36.4 Å². The highest BCUT2D eigenvalue weighted by Gasteiger charge is 2.06. The van der Waals surface area contributed by atoms with Crippen LogP contribution in [0.1, 0.15) is 19.2 Å². The highest BCUT2D eigenvalue weighted by Crippen LogP contribution is 2.15. The summed E-state index contributed by atoms with van der Waals surface area (Å²) in [7, 11) is 0. The standard InChI is InChI=1S/C12H12N4/c1-2-5-11-14-12-9-6-3-4-7-10(9)13-8-16(12)15-11/h3-4,6-8H,2,5H2,1H3. The van der Waals surface area contributed by atoms with Gasteiger partial charge in [-0.1, -0.05) is 19.1 Å². The number of aromatic nitrogens is 4. The van der Waals surface area contributed by atoms with Gasteiger partial charge in [-0.15, -0.1) is 5.10 Å². The number of benzene rings is 1. The summed E-state index contributed by atoms with van der Waals surface area (Å²) in [6, 6.07) is 8.00. The fourth-order valence-electron chi connectivity index (χ4n) is 1.85. The lowest BCUT2D eigenvalue weighted by molar-refractivity contribution is 0.813. The van der Waals surface area contributed by atoms with Gasteiger partial charge in [-0.2, -0.15) is 0 Å². The van der Waals surface area contributed by atoms with E-state index in [-0.39, 0.29) is 0 Å². The van der Waals surface area contributed by atoms with Gasteiger partial charge >= 0.3 is 0 Å². The summed E-state index contributed by atoms with van der Waals surface area (Å²) in [6.07, 6.45) is 3.70. The Morgan fingerprint density at radius 1 is 1.25 bits per heavy atom. The lowest BCUT2D eigenvalue weighted by Gasteiger charge is -1.96. The van der Waals surface area contributed by atoms with E-state index in [2.05, 4.69) is 22.0 Å². The summed E-state index contributed by atoms with van der Waals surface area (Å²) in [5.74, 6) is 0.889. The molecule has 0 saturated carbocycles. The minimum atomic E-state index is 0.889. The molecule has 0 radical (unpaired) electrons. The number of rotatable bonds is 2. The Labute approximate surface area is 93.0 Å². The quantitative estimate of drug-likeness (QED) is 0.654. The summed E-state index contributed by atoms with van der Waals surface area (Å²) >= 11 is 0. The molecule has 2 heterocycles. The van der Waals surface area contributed by atoms with Crippen LogP contribution in [0.4, 0.5) is 0 Å². The van der Waals surface area contributed by atoms with Gasteiger partial charge in [-0.05, 0) is 18.6 Å². The van der Waals surface area contributed by atoms with Crippen LogP contribution in [0.25, 0.3) is 16.6 Å². The van der Waals surface area contributed by atoms with Crippen LogP contribution in [-0.2, 0) is 6.42 Å². The third-order valence-corrected chi connectivity index (χ3v) is 2.60. The van der Waals surface area contributed by atoms with Crippen molar-refractivity contribution in [1.82, 2.24) is 19.6 Å². The van der Waals surface area contributed by atoms with E-state index >= 15 is 0 Å². The number of hydrogen-bond acceptors (Lipinski definition) is 3. The van der Waals surface area contributed by atoms with Crippen LogP contribution in [0.5, 0.6) is 0 Å². The first-order valence-electron chi connectivity index (χ1n) is 5.47. The normalized spacial score (nSPS) is 11.3. The summed E-state index contributed by atoms with van der Waals surface area (Å²) in [5, 5.41) is 5.45. The van der Waals surface area contributed by atoms with E-state index in [1.54, 1.807) is 10.8 Å². The zero-order valence-electron chi connectivity index (χ0n) is 9.09. The molecule has 4 nitrogen and oxygen atoms in total. The number of nitrogens with zero attached hydrogens (tertiary/aromatic N) is 4. The molecule has 0 fully saturated rings. The SMILES string of the molecule is CCCc1nc2c3ccccc3ncn2n1. The fraction of sp³-hybridized carbons (Fsp3) is 0.250. The van der Waals surface area contributed by atoms with Crippen LogP contribution >= 0.6 is 0 Å². The molecule has 16 heavy (non-hydrogen) atoms. The van der Waals surface area contributed by atoms with E-state index in [0.717, 1.165) is 35.2 Å². The van der Waals surface area contributed by atoms with E-state index in [4.69, 9.17) is 0 Å². The molecule has 80 valence electrons. The fourth-order valence-corrected chi connectivity index (χ4v) is 1.85. The van der Waals surface area contributed by atoms with Crippen molar-refractivity contribution in [2.45, 2.75) is 19.8 Å². The van der Waals surface area contributed by atoms with Crippen molar-refractivity contribution in [3.63, 3.8) is 0 Å². The molecule has 2 aromatic heterocycles. The number of para-hydroxylation sites is 1. The molecular formula is C12H12N4. The Morgan fingerprint density at radius 3 is 3.00 bits per heavy atom. The largest absolute Gasteiger partial charge is 0.236 e. The van der Waals surface area contributed by atoms with Crippen molar-refractivity contribution >= 4 is 16.6 Å². The maximum Gasteiger partial charge on any atom is 0.166 e. The summed E-state index contributed by atoms with van der Waals surface area (Å²) in [6.45, 7) is 2.13. The minimum absolute atomic E-state index is 0.889. The molecule has 4 heteroatoms. The van der Waals surface area contributed by atoms with E-state index in [9.17, 15) is 0 Å². The molecule has 0 bridgehead atoms. The van der Waals surface area contributed by atoms with Crippen molar-refractivity contribution < 1.29 is 0 Å². The van der Waals surface area contributed by atoms with Crippen LogP contribution in [0, 0.1) is 0 Å². The molecule has 0 N–H and O–H groups in total. The minimum Gasteiger partial charge on any atom is -0.236 e. The molecule has 3 aromatic rings. The first kappa shape index (κ1) is 9.27. The summed E-state index contributed by atoms with van der Waals surface area (Å²) in [5.41, 5.74) is 1.86. The first-order valence-corrected chi connectivity index (χ1v) is 5.47. The Balaban J connectivity index is 2.32.